The van der Waals surface area contributed by atoms with Gasteiger partial charge in [-0.25, -0.2) is 4.98 Å². The molecule has 0 N–H and O–H groups in total. The van der Waals surface area contributed by atoms with Gasteiger partial charge >= 0.3 is 5.97 Å². The Labute approximate surface area is 146 Å². The number of esters is 1. The maximum Gasteiger partial charge on any atom is 0.317 e. The lowest BCUT2D eigenvalue weighted by Gasteiger charge is -2.08. The lowest BCUT2D eigenvalue weighted by atomic mass is 10.2. The third kappa shape index (κ3) is 3.62. The van der Waals surface area contributed by atoms with Crippen LogP contribution in [0.3, 0.4) is 0 Å². The van der Waals surface area contributed by atoms with Crippen LogP contribution in [0.2, 0.25) is 0 Å². The topological polar surface area (TPSA) is 72.2 Å². The van der Waals surface area contributed by atoms with Crippen molar-refractivity contribution in [1.82, 2.24) is 4.98 Å². The Hall–Kier alpha value is -2.69. The van der Waals surface area contributed by atoms with Crippen molar-refractivity contribution in [3.63, 3.8) is 0 Å². The zero-order chi connectivity index (χ0) is 16.9. The van der Waals surface area contributed by atoms with Crippen LogP contribution in [0.15, 0.2) is 41.1 Å². The normalized spacial score (nSPS) is 10.2. The van der Waals surface area contributed by atoms with Crippen LogP contribution in [0.5, 0.6) is 11.5 Å². The van der Waals surface area contributed by atoms with E-state index in [1.807, 2.05) is 29.0 Å². The third-order valence-electron chi connectivity index (χ3n) is 3.13. The van der Waals surface area contributed by atoms with Crippen LogP contribution in [0, 0.1) is 11.3 Å². The van der Waals surface area contributed by atoms with E-state index in [9.17, 15) is 4.79 Å². The number of ether oxygens (including phenoxy) is 2. The maximum absolute atomic E-state index is 12.1. The molecule has 0 bridgehead atoms. The van der Waals surface area contributed by atoms with Crippen LogP contribution in [0.4, 0.5) is 0 Å². The molecule has 0 saturated carbocycles. The first kappa shape index (κ1) is 16.2. The summed E-state index contributed by atoms with van der Waals surface area (Å²) in [5.41, 5.74) is 1.10. The molecule has 7 heteroatoms. The Kier molecular flexibility index (Phi) is 4.89. The predicted octanol–water partition coefficient (Wildman–Crippen LogP) is 3.90. The standard InChI is InChI=1S/C17H12N2O3S2/c1-21-14-7-11(9-18)4-5-13(14)22-16(20)8-12-10-24-17(19-12)15-3-2-6-23-15/h2-7,10H,8H2,1H3. The quantitative estimate of drug-likeness (QED) is 0.512. The van der Waals surface area contributed by atoms with E-state index in [-0.39, 0.29) is 12.2 Å². The van der Waals surface area contributed by atoms with Crippen LogP contribution in [0.1, 0.15) is 11.3 Å². The van der Waals surface area contributed by atoms with E-state index in [4.69, 9.17) is 14.7 Å². The molecule has 0 fully saturated rings. The summed E-state index contributed by atoms with van der Waals surface area (Å²) in [4.78, 5) is 17.7. The molecule has 5 nitrogen and oxygen atoms in total. The van der Waals surface area contributed by atoms with E-state index < -0.39 is 5.97 Å². The number of carbonyl (C=O) groups excluding carboxylic acids is 1. The number of rotatable bonds is 5. The molecule has 0 unspecified atom stereocenters. The summed E-state index contributed by atoms with van der Waals surface area (Å²) in [5, 5.41) is 13.6. The minimum Gasteiger partial charge on any atom is -0.493 e. The first-order chi connectivity index (χ1) is 11.7. The molecule has 2 heterocycles. The van der Waals surface area contributed by atoms with Crippen LogP contribution in [-0.2, 0) is 11.2 Å². The van der Waals surface area contributed by atoms with Gasteiger partial charge in [-0.2, -0.15) is 5.26 Å². The molecular formula is C17H12N2O3S2. The summed E-state index contributed by atoms with van der Waals surface area (Å²) in [6, 6.07) is 10.6. The average Bonchev–Trinajstić information content (AvgIpc) is 3.26. The van der Waals surface area contributed by atoms with Gasteiger partial charge in [0.1, 0.15) is 5.01 Å². The number of carbonyl (C=O) groups is 1. The molecule has 0 aliphatic rings. The first-order valence-corrected chi connectivity index (χ1v) is 8.72. The molecule has 0 amide bonds. The van der Waals surface area contributed by atoms with E-state index in [0.29, 0.717) is 17.0 Å². The molecule has 2 aromatic heterocycles. The van der Waals surface area contributed by atoms with Gasteiger partial charge in [0.2, 0.25) is 0 Å². The lowest BCUT2D eigenvalue weighted by Crippen LogP contribution is -2.12. The minimum atomic E-state index is -0.430. The van der Waals surface area contributed by atoms with Crippen molar-refractivity contribution in [2.45, 2.75) is 6.42 Å². The highest BCUT2D eigenvalue weighted by atomic mass is 32.1. The van der Waals surface area contributed by atoms with Crippen molar-refractivity contribution in [1.29, 1.82) is 5.26 Å². The van der Waals surface area contributed by atoms with Gasteiger partial charge in [0.05, 0.1) is 35.7 Å². The second kappa shape index (κ2) is 7.25. The number of hydrogen-bond donors (Lipinski definition) is 0. The number of nitrogens with zero attached hydrogens (tertiary/aromatic N) is 2. The molecule has 1 aromatic carbocycles. The van der Waals surface area contributed by atoms with Gasteiger partial charge in [0, 0.05) is 11.4 Å². The zero-order valence-electron chi connectivity index (χ0n) is 12.7. The molecule has 3 aromatic rings. The number of thiophene rings is 1. The smallest absolute Gasteiger partial charge is 0.317 e. The van der Waals surface area contributed by atoms with Crippen LogP contribution in [0.25, 0.3) is 9.88 Å². The summed E-state index contributed by atoms with van der Waals surface area (Å²) in [6.07, 6.45) is 0.0744. The van der Waals surface area contributed by atoms with Gasteiger partial charge in [-0.1, -0.05) is 6.07 Å². The monoisotopic (exact) mass is 356 g/mol. The maximum atomic E-state index is 12.1. The van der Waals surface area contributed by atoms with Gasteiger partial charge in [-0.05, 0) is 23.6 Å². The summed E-state index contributed by atoms with van der Waals surface area (Å²) in [5.74, 6) is 0.205. The number of benzene rings is 1. The molecule has 0 saturated heterocycles. The van der Waals surface area contributed by atoms with E-state index in [2.05, 4.69) is 4.98 Å². The predicted molar refractivity (Wildman–Crippen MR) is 92.5 cm³/mol. The molecular weight excluding hydrogens is 344 g/mol. The third-order valence-corrected chi connectivity index (χ3v) is 5.06. The largest absolute Gasteiger partial charge is 0.493 e. The second-order valence-corrected chi connectivity index (χ2v) is 6.56. The molecule has 0 aliphatic heterocycles. The van der Waals surface area contributed by atoms with Crippen molar-refractivity contribution in [2.75, 3.05) is 7.11 Å². The highest BCUT2D eigenvalue weighted by Crippen LogP contribution is 2.30. The van der Waals surface area contributed by atoms with Gasteiger partial charge in [0.15, 0.2) is 11.5 Å². The van der Waals surface area contributed by atoms with Gasteiger partial charge in [0.25, 0.3) is 0 Å². The van der Waals surface area contributed by atoms with Crippen LogP contribution in [-0.4, -0.2) is 18.1 Å². The van der Waals surface area contributed by atoms with Crippen LogP contribution >= 0.6 is 22.7 Å². The summed E-state index contributed by atoms with van der Waals surface area (Å²) in [6.45, 7) is 0. The summed E-state index contributed by atoms with van der Waals surface area (Å²) in [7, 11) is 1.46. The van der Waals surface area contributed by atoms with E-state index in [0.717, 1.165) is 9.88 Å². The zero-order valence-corrected chi connectivity index (χ0v) is 14.3. The fourth-order valence-corrected chi connectivity index (χ4v) is 3.66. The molecule has 0 aliphatic carbocycles. The van der Waals surface area contributed by atoms with Crippen molar-refractivity contribution in [3.8, 4) is 27.5 Å². The lowest BCUT2D eigenvalue weighted by molar-refractivity contribution is -0.133. The van der Waals surface area contributed by atoms with Crippen molar-refractivity contribution >= 4 is 28.6 Å². The Morgan fingerprint density at radius 1 is 1.29 bits per heavy atom. The number of methoxy groups -OCH3 is 1. The second-order valence-electron chi connectivity index (χ2n) is 4.75. The molecule has 120 valence electrons. The molecule has 0 atom stereocenters. The van der Waals surface area contributed by atoms with Gasteiger partial charge in [-0.3, -0.25) is 4.79 Å². The Bertz CT molecular complexity index is 895. The van der Waals surface area contributed by atoms with E-state index >= 15 is 0 Å². The van der Waals surface area contributed by atoms with Crippen LogP contribution < -0.4 is 9.47 Å². The molecule has 0 spiro atoms. The minimum absolute atomic E-state index is 0.0744. The summed E-state index contributed by atoms with van der Waals surface area (Å²) >= 11 is 3.11. The fraction of sp³-hybridized carbons (Fsp3) is 0.118. The Morgan fingerprint density at radius 3 is 2.88 bits per heavy atom. The molecule has 24 heavy (non-hydrogen) atoms. The number of thiazole rings is 1. The van der Waals surface area contributed by atoms with Gasteiger partial charge in [-0.15, -0.1) is 22.7 Å². The fourth-order valence-electron chi connectivity index (χ4n) is 2.03. The highest BCUT2D eigenvalue weighted by molar-refractivity contribution is 7.20. The highest BCUT2D eigenvalue weighted by Gasteiger charge is 2.14. The van der Waals surface area contributed by atoms with Crippen molar-refractivity contribution in [3.05, 3.63) is 52.3 Å². The van der Waals surface area contributed by atoms with E-state index in [1.165, 1.54) is 24.5 Å². The number of nitriles is 1. The first-order valence-electron chi connectivity index (χ1n) is 6.96. The molecule has 0 radical (unpaired) electrons. The van der Waals surface area contributed by atoms with E-state index in [1.54, 1.807) is 23.5 Å². The number of hydrogen-bond acceptors (Lipinski definition) is 7. The summed E-state index contributed by atoms with van der Waals surface area (Å²) < 4.78 is 10.5. The van der Waals surface area contributed by atoms with Crippen molar-refractivity contribution in [2.24, 2.45) is 0 Å². The van der Waals surface area contributed by atoms with Crippen molar-refractivity contribution < 1.29 is 14.3 Å². The SMILES string of the molecule is COc1cc(C#N)ccc1OC(=O)Cc1csc(-c2cccs2)n1. The Balaban J connectivity index is 1.69. The molecule has 3 rings (SSSR count). The van der Waals surface area contributed by atoms with Gasteiger partial charge < -0.3 is 9.47 Å². The average molecular weight is 356 g/mol. The number of aromatic nitrogens is 1. The Morgan fingerprint density at radius 2 is 2.17 bits per heavy atom.